The molecule has 0 saturated carbocycles. The van der Waals surface area contributed by atoms with Crippen molar-refractivity contribution in [2.75, 3.05) is 5.43 Å². The summed E-state index contributed by atoms with van der Waals surface area (Å²) in [6.07, 6.45) is 0.103. The topological polar surface area (TPSA) is 105 Å². The van der Waals surface area contributed by atoms with Crippen LogP contribution in [-0.2, 0) is 4.79 Å². The number of amidine groups is 1. The Morgan fingerprint density at radius 3 is 2.56 bits per heavy atom. The summed E-state index contributed by atoms with van der Waals surface area (Å²) in [5.41, 5.74) is 3.03. The van der Waals surface area contributed by atoms with E-state index in [0.717, 1.165) is 0 Å². The average Bonchev–Trinajstić information content (AvgIpc) is 2.34. The first kappa shape index (κ1) is 13.6. The Kier molecular flexibility index (Phi) is 4.79. The van der Waals surface area contributed by atoms with Crippen LogP contribution in [0.15, 0.2) is 35.4 Å². The van der Waals surface area contributed by atoms with Gasteiger partial charge in [0.2, 0.25) is 0 Å². The van der Waals surface area contributed by atoms with E-state index >= 15 is 0 Å². The Labute approximate surface area is 103 Å². The molecule has 0 saturated heterocycles. The average molecular weight is 251 g/mol. The lowest BCUT2D eigenvalue weighted by Gasteiger charge is -2.05. The zero-order valence-corrected chi connectivity index (χ0v) is 9.74. The van der Waals surface area contributed by atoms with Gasteiger partial charge in [-0.25, -0.2) is 0 Å². The molecule has 1 rings (SSSR count). The monoisotopic (exact) mass is 251 g/mol. The summed E-state index contributed by atoms with van der Waals surface area (Å²) in [6, 6.07) is 8.59. The number of nitrogens with zero attached hydrogens (tertiary/aromatic N) is 2. The molecular weight excluding hydrogens is 238 g/mol. The first-order valence-corrected chi connectivity index (χ1v) is 5.32. The first-order valence-electron chi connectivity index (χ1n) is 5.32. The van der Waals surface area contributed by atoms with Crippen LogP contribution in [0.3, 0.4) is 0 Å². The van der Waals surface area contributed by atoms with E-state index < -0.39 is 22.6 Å². The molecule has 1 atom stereocenters. The predicted molar refractivity (Wildman–Crippen MR) is 65.9 cm³/mol. The van der Waals surface area contributed by atoms with Gasteiger partial charge in [0, 0.05) is 0 Å². The highest BCUT2D eigenvalue weighted by Gasteiger charge is 2.32. The van der Waals surface area contributed by atoms with Gasteiger partial charge in [0.15, 0.2) is 5.92 Å². The number of carboxylic acids is 1. The zero-order valence-electron chi connectivity index (χ0n) is 9.74. The maximum Gasteiger partial charge on any atom is 0.378 e. The lowest BCUT2D eigenvalue weighted by Crippen LogP contribution is -2.30. The molecule has 0 aromatic heterocycles. The fraction of sp³-hybridized carbons (Fsp3) is 0.273. The second-order valence-corrected chi connectivity index (χ2v) is 3.50. The van der Waals surface area contributed by atoms with E-state index in [-0.39, 0.29) is 6.42 Å². The predicted octanol–water partition coefficient (Wildman–Crippen LogP) is 1.80. The summed E-state index contributed by atoms with van der Waals surface area (Å²) in [4.78, 5) is 20.9. The minimum atomic E-state index is -1.26. The number of anilines is 1. The van der Waals surface area contributed by atoms with Crippen LogP contribution in [0, 0.1) is 16.0 Å². The van der Waals surface area contributed by atoms with Crippen LogP contribution in [0.5, 0.6) is 0 Å². The van der Waals surface area contributed by atoms with Crippen LogP contribution in [0.1, 0.15) is 13.3 Å². The van der Waals surface area contributed by atoms with Crippen LogP contribution in [0.2, 0.25) is 0 Å². The zero-order chi connectivity index (χ0) is 13.5. The summed E-state index contributed by atoms with van der Waals surface area (Å²) < 4.78 is 0. The van der Waals surface area contributed by atoms with Gasteiger partial charge in [0.05, 0.1) is 10.8 Å². The molecule has 0 heterocycles. The molecule has 0 aliphatic carbocycles. The molecule has 0 spiro atoms. The number of nitro groups is 1. The molecule has 0 amide bonds. The Morgan fingerprint density at radius 2 is 2.11 bits per heavy atom. The number of hydrogen-bond donors (Lipinski definition) is 2. The number of hydrazone groups is 1. The number of carboxylic acid groups (broad SMARTS) is 1. The summed E-state index contributed by atoms with van der Waals surface area (Å²) in [6.45, 7) is 1.56. The maximum absolute atomic E-state index is 10.9. The van der Waals surface area contributed by atoms with Crippen molar-refractivity contribution in [2.45, 2.75) is 13.3 Å². The largest absolute Gasteiger partial charge is 0.481 e. The van der Waals surface area contributed by atoms with Crippen molar-refractivity contribution >= 4 is 17.5 Å². The normalized spacial score (nSPS) is 12.8. The van der Waals surface area contributed by atoms with Crippen LogP contribution < -0.4 is 5.43 Å². The molecule has 0 radical (unpaired) electrons. The third kappa shape index (κ3) is 3.55. The molecule has 0 aliphatic rings. The van der Waals surface area contributed by atoms with E-state index in [0.29, 0.717) is 5.69 Å². The van der Waals surface area contributed by atoms with Gasteiger partial charge < -0.3 is 15.2 Å². The second kappa shape index (κ2) is 6.33. The van der Waals surface area contributed by atoms with Crippen LogP contribution >= 0.6 is 0 Å². The molecule has 1 aromatic rings. The van der Waals surface area contributed by atoms with Gasteiger partial charge in [-0.05, 0) is 23.5 Å². The maximum atomic E-state index is 10.9. The summed E-state index contributed by atoms with van der Waals surface area (Å²) in [5, 5.41) is 23.2. The smallest absolute Gasteiger partial charge is 0.378 e. The van der Waals surface area contributed by atoms with Crippen molar-refractivity contribution in [1.82, 2.24) is 0 Å². The highest BCUT2D eigenvalue weighted by atomic mass is 16.6. The molecule has 7 heteroatoms. The first-order chi connectivity index (χ1) is 8.56. The minimum absolute atomic E-state index is 0.103. The van der Waals surface area contributed by atoms with Crippen molar-refractivity contribution in [3.63, 3.8) is 0 Å². The summed E-state index contributed by atoms with van der Waals surface area (Å²) in [7, 11) is 0. The summed E-state index contributed by atoms with van der Waals surface area (Å²) >= 11 is 0. The Hall–Kier alpha value is -2.44. The third-order valence-corrected chi connectivity index (χ3v) is 2.28. The van der Waals surface area contributed by atoms with E-state index in [1.54, 1.807) is 37.3 Å². The fourth-order valence-electron chi connectivity index (χ4n) is 1.35. The third-order valence-electron chi connectivity index (χ3n) is 2.28. The Balaban J connectivity index is 2.91. The molecule has 1 unspecified atom stereocenters. The lowest BCUT2D eigenvalue weighted by molar-refractivity contribution is -0.356. The molecular formula is C11H13N3O4. The van der Waals surface area contributed by atoms with E-state index in [2.05, 4.69) is 10.5 Å². The second-order valence-electron chi connectivity index (χ2n) is 3.50. The molecule has 0 bridgehead atoms. The quantitative estimate of drug-likeness (QED) is 0.359. The molecule has 96 valence electrons. The number of carbonyl (C=O) groups is 1. The van der Waals surface area contributed by atoms with Gasteiger partial charge >= 0.3 is 11.8 Å². The molecule has 7 nitrogen and oxygen atoms in total. The van der Waals surface area contributed by atoms with E-state index in [1.165, 1.54) is 0 Å². The minimum Gasteiger partial charge on any atom is -0.481 e. The van der Waals surface area contributed by atoms with Gasteiger partial charge in [-0.15, -0.1) is 0 Å². The number of benzene rings is 1. The highest BCUT2D eigenvalue weighted by Crippen LogP contribution is 2.09. The summed E-state index contributed by atoms with van der Waals surface area (Å²) in [5.74, 6) is -3.09. The molecule has 1 aromatic carbocycles. The SMILES string of the molecule is CCC(C(=O)O)C(=NNc1ccccc1)[N+](=O)[O-]. The van der Waals surface area contributed by atoms with E-state index in [1.807, 2.05) is 0 Å². The number of nitrogens with one attached hydrogen (secondary N) is 1. The van der Waals surface area contributed by atoms with Gasteiger partial charge in [-0.2, -0.15) is 5.43 Å². The number of aliphatic carboxylic acids is 1. The Bertz CT molecular complexity index is 459. The highest BCUT2D eigenvalue weighted by molar-refractivity contribution is 5.96. The molecule has 0 fully saturated rings. The molecule has 2 N–H and O–H groups in total. The van der Waals surface area contributed by atoms with E-state index in [9.17, 15) is 14.9 Å². The van der Waals surface area contributed by atoms with Crippen LogP contribution in [0.25, 0.3) is 0 Å². The molecule has 0 aliphatic heterocycles. The molecule has 18 heavy (non-hydrogen) atoms. The van der Waals surface area contributed by atoms with Crippen LogP contribution in [0.4, 0.5) is 5.69 Å². The standard InChI is InChI=1S/C11H13N3O4/c1-2-9(11(15)16)10(14(17)18)13-12-8-6-4-3-5-7-8/h3-7,9,12H,2H2,1H3,(H,15,16). The van der Waals surface area contributed by atoms with Crippen molar-refractivity contribution in [3.8, 4) is 0 Å². The van der Waals surface area contributed by atoms with E-state index in [4.69, 9.17) is 5.11 Å². The van der Waals surface area contributed by atoms with Crippen LogP contribution in [-0.4, -0.2) is 21.8 Å². The van der Waals surface area contributed by atoms with Crippen molar-refractivity contribution in [2.24, 2.45) is 11.0 Å². The van der Waals surface area contributed by atoms with Gasteiger partial charge in [0.25, 0.3) is 0 Å². The lowest BCUT2D eigenvalue weighted by atomic mass is 10.1. The number of para-hydroxylation sites is 1. The van der Waals surface area contributed by atoms with Crippen molar-refractivity contribution in [1.29, 1.82) is 0 Å². The van der Waals surface area contributed by atoms with Crippen molar-refractivity contribution in [3.05, 3.63) is 40.4 Å². The number of rotatable bonds is 5. The van der Waals surface area contributed by atoms with Gasteiger partial charge in [-0.1, -0.05) is 25.1 Å². The Morgan fingerprint density at radius 1 is 1.50 bits per heavy atom. The number of hydrogen-bond acceptors (Lipinski definition) is 5. The van der Waals surface area contributed by atoms with Gasteiger partial charge in [-0.3, -0.25) is 4.79 Å². The fourth-order valence-corrected chi connectivity index (χ4v) is 1.35. The van der Waals surface area contributed by atoms with Gasteiger partial charge in [0.1, 0.15) is 0 Å². The van der Waals surface area contributed by atoms with Crippen molar-refractivity contribution < 1.29 is 14.8 Å².